The third kappa shape index (κ3) is 3.03. The van der Waals surface area contributed by atoms with E-state index in [0.29, 0.717) is 5.69 Å². The summed E-state index contributed by atoms with van der Waals surface area (Å²) in [4.78, 5) is 22.3. The first kappa shape index (κ1) is 12.9. The smallest absolute Gasteiger partial charge is 0.288 e. The first-order valence-corrected chi connectivity index (χ1v) is 4.96. The van der Waals surface area contributed by atoms with E-state index in [2.05, 4.69) is 25.4 Å². The van der Waals surface area contributed by atoms with Crippen LogP contribution < -0.4 is 5.32 Å². The van der Waals surface area contributed by atoms with Gasteiger partial charge in [0.15, 0.2) is 0 Å². The van der Waals surface area contributed by atoms with Crippen LogP contribution in [0.15, 0.2) is 12.4 Å². The Hall–Kier alpha value is -2.52. The maximum Gasteiger partial charge on any atom is 0.451 e. The van der Waals surface area contributed by atoms with Crippen molar-refractivity contribution in [2.45, 2.75) is 13.1 Å². The summed E-state index contributed by atoms with van der Waals surface area (Å²) in [5.74, 6) is -2.53. The monoisotopic (exact) mass is 272 g/mol. The van der Waals surface area contributed by atoms with E-state index in [1.54, 1.807) is 12.0 Å². The van der Waals surface area contributed by atoms with Gasteiger partial charge in [0.2, 0.25) is 11.8 Å². The number of carbonyl (C=O) groups is 1. The molecule has 1 amide bonds. The summed E-state index contributed by atoms with van der Waals surface area (Å²) in [6, 6.07) is 0. The maximum absolute atomic E-state index is 12.2. The number of alkyl halides is 3. The zero-order valence-electron chi connectivity index (χ0n) is 9.49. The number of nitrogens with one attached hydrogen (secondary N) is 2. The first-order valence-electron chi connectivity index (χ1n) is 4.96. The number of amides is 1. The molecule has 2 rings (SSSR count). The Kier molecular flexibility index (Phi) is 3.15. The molecule has 10 heteroatoms. The van der Waals surface area contributed by atoms with Gasteiger partial charge in [0.1, 0.15) is 5.69 Å². The molecule has 2 heterocycles. The van der Waals surface area contributed by atoms with E-state index < -0.39 is 23.9 Å². The van der Waals surface area contributed by atoms with E-state index in [-0.39, 0.29) is 5.69 Å². The third-order valence-electron chi connectivity index (χ3n) is 1.99. The standard InChI is InChI=1S/C9H7F3N6O/c1-4-2-14-5(3-13-4)6(19)15-8-16-7(17-18-8)9(10,11)12/h2-3H,1H3,(H2,15,16,17,18,19). The van der Waals surface area contributed by atoms with Crippen LogP contribution in [-0.4, -0.2) is 31.1 Å². The third-order valence-corrected chi connectivity index (χ3v) is 1.99. The van der Waals surface area contributed by atoms with Crippen molar-refractivity contribution in [1.82, 2.24) is 25.1 Å². The number of carbonyl (C=O) groups excluding carboxylic acids is 1. The van der Waals surface area contributed by atoms with Crippen LogP contribution in [0.4, 0.5) is 19.1 Å². The minimum atomic E-state index is -4.65. The molecule has 2 N–H and O–H groups in total. The number of anilines is 1. The van der Waals surface area contributed by atoms with Crippen molar-refractivity contribution < 1.29 is 18.0 Å². The Labute approximate surface area is 104 Å². The van der Waals surface area contributed by atoms with Crippen molar-refractivity contribution in [3.05, 3.63) is 29.6 Å². The van der Waals surface area contributed by atoms with Gasteiger partial charge in [-0.2, -0.15) is 18.2 Å². The molecule has 0 bridgehead atoms. The van der Waals surface area contributed by atoms with Gasteiger partial charge in [-0.3, -0.25) is 20.2 Å². The van der Waals surface area contributed by atoms with Gasteiger partial charge in [0.25, 0.3) is 5.91 Å². The van der Waals surface area contributed by atoms with E-state index in [1.165, 1.54) is 12.4 Å². The number of aromatic amines is 1. The van der Waals surface area contributed by atoms with Crippen molar-refractivity contribution in [2.24, 2.45) is 0 Å². The van der Waals surface area contributed by atoms with Crippen LogP contribution in [0.5, 0.6) is 0 Å². The van der Waals surface area contributed by atoms with Crippen molar-refractivity contribution in [3.63, 3.8) is 0 Å². The van der Waals surface area contributed by atoms with Crippen LogP contribution in [0.3, 0.4) is 0 Å². The zero-order chi connectivity index (χ0) is 14.0. The van der Waals surface area contributed by atoms with Crippen molar-refractivity contribution in [3.8, 4) is 0 Å². The second-order valence-electron chi connectivity index (χ2n) is 3.50. The Morgan fingerprint density at radius 2 is 2.05 bits per heavy atom. The van der Waals surface area contributed by atoms with Gasteiger partial charge in [0.05, 0.1) is 11.9 Å². The molecule has 0 saturated carbocycles. The lowest BCUT2D eigenvalue weighted by Gasteiger charge is -2.00. The number of aryl methyl sites for hydroxylation is 1. The molecule has 19 heavy (non-hydrogen) atoms. The molecule has 0 fully saturated rings. The highest BCUT2D eigenvalue weighted by Crippen LogP contribution is 2.26. The summed E-state index contributed by atoms with van der Waals surface area (Å²) >= 11 is 0. The number of hydrogen-bond donors (Lipinski definition) is 2. The maximum atomic E-state index is 12.2. The fourth-order valence-electron chi connectivity index (χ4n) is 1.12. The minimum Gasteiger partial charge on any atom is -0.288 e. The van der Waals surface area contributed by atoms with Gasteiger partial charge >= 0.3 is 6.18 Å². The summed E-state index contributed by atoms with van der Waals surface area (Å²) in [6.07, 6.45) is -2.10. The van der Waals surface area contributed by atoms with Gasteiger partial charge in [-0.25, -0.2) is 4.98 Å². The Morgan fingerprint density at radius 3 is 2.58 bits per heavy atom. The number of aromatic nitrogens is 5. The van der Waals surface area contributed by atoms with E-state index in [4.69, 9.17) is 0 Å². The van der Waals surface area contributed by atoms with Gasteiger partial charge in [0, 0.05) is 6.20 Å². The molecule has 2 aromatic rings. The van der Waals surface area contributed by atoms with E-state index in [0.717, 1.165) is 0 Å². The van der Waals surface area contributed by atoms with Crippen molar-refractivity contribution in [1.29, 1.82) is 0 Å². The Bertz CT molecular complexity index is 591. The summed E-state index contributed by atoms with van der Waals surface area (Å²) in [6.45, 7) is 1.68. The fraction of sp³-hybridized carbons (Fsp3) is 0.222. The molecular formula is C9H7F3N6O. The molecule has 7 nitrogen and oxygen atoms in total. The summed E-state index contributed by atoms with van der Waals surface area (Å²) in [5.41, 5.74) is 0.553. The predicted octanol–water partition coefficient (Wildman–Crippen LogP) is 1.17. The molecule has 0 saturated heterocycles. The number of rotatable bonds is 2. The molecule has 0 aromatic carbocycles. The topological polar surface area (TPSA) is 96.5 Å². The Morgan fingerprint density at radius 1 is 1.32 bits per heavy atom. The molecule has 0 aliphatic heterocycles. The second-order valence-corrected chi connectivity index (χ2v) is 3.50. The van der Waals surface area contributed by atoms with Crippen LogP contribution >= 0.6 is 0 Å². The first-order chi connectivity index (χ1) is 8.86. The van der Waals surface area contributed by atoms with E-state index >= 15 is 0 Å². The number of H-pyrrole nitrogens is 1. The fourth-order valence-corrected chi connectivity index (χ4v) is 1.12. The van der Waals surface area contributed by atoms with Crippen LogP contribution in [-0.2, 0) is 6.18 Å². The van der Waals surface area contributed by atoms with E-state index in [1.807, 2.05) is 0 Å². The van der Waals surface area contributed by atoms with Gasteiger partial charge in [-0.15, -0.1) is 5.10 Å². The van der Waals surface area contributed by atoms with Crippen LogP contribution in [0, 0.1) is 6.92 Å². The molecule has 2 aromatic heterocycles. The van der Waals surface area contributed by atoms with Crippen LogP contribution in [0.25, 0.3) is 0 Å². The predicted molar refractivity (Wildman–Crippen MR) is 56.1 cm³/mol. The summed E-state index contributed by atoms with van der Waals surface area (Å²) in [7, 11) is 0. The lowest BCUT2D eigenvalue weighted by atomic mass is 10.4. The zero-order valence-corrected chi connectivity index (χ0v) is 9.49. The quantitative estimate of drug-likeness (QED) is 0.855. The highest BCUT2D eigenvalue weighted by atomic mass is 19.4. The Balaban J connectivity index is 2.11. The molecule has 0 aliphatic carbocycles. The SMILES string of the molecule is Cc1cnc(C(=O)Nc2n[nH]c(C(F)(F)F)n2)cn1. The largest absolute Gasteiger partial charge is 0.451 e. The summed E-state index contributed by atoms with van der Waals surface area (Å²) in [5, 5.41) is 6.98. The minimum absolute atomic E-state index is 0.0519. The molecule has 0 radical (unpaired) electrons. The van der Waals surface area contributed by atoms with Crippen molar-refractivity contribution in [2.75, 3.05) is 5.32 Å². The number of hydrogen-bond acceptors (Lipinski definition) is 5. The molecule has 0 atom stereocenters. The van der Waals surface area contributed by atoms with Crippen LogP contribution in [0.2, 0.25) is 0 Å². The van der Waals surface area contributed by atoms with Crippen molar-refractivity contribution >= 4 is 11.9 Å². The second kappa shape index (κ2) is 4.63. The average molecular weight is 272 g/mol. The van der Waals surface area contributed by atoms with Gasteiger partial charge in [-0.1, -0.05) is 0 Å². The normalized spacial score (nSPS) is 11.4. The lowest BCUT2D eigenvalue weighted by Crippen LogP contribution is -2.15. The summed E-state index contributed by atoms with van der Waals surface area (Å²) < 4.78 is 36.7. The molecule has 0 unspecified atom stereocenters. The lowest BCUT2D eigenvalue weighted by molar-refractivity contribution is -0.144. The number of halogens is 3. The van der Waals surface area contributed by atoms with E-state index in [9.17, 15) is 18.0 Å². The van der Waals surface area contributed by atoms with Gasteiger partial charge < -0.3 is 0 Å². The highest BCUT2D eigenvalue weighted by molar-refractivity contribution is 6.01. The molecule has 100 valence electrons. The average Bonchev–Trinajstić information content (AvgIpc) is 2.78. The highest BCUT2D eigenvalue weighted by Gasteiger charge is 2.35. The molecule has 0 aliphatic rings. The molecular weight excluding hydrogens is 265 g/mol. The van der Waals surface area contributed by atoms with Crippen LogP contribution in [0.1, 0.15) is 22.0 Å². The number of nitrogens with zero attached hydrogens (tertiary/aromatic N) is 4. The van der Waals surface area contributed by atoms with Gasteiger partial charge in [-0.05, 0) is 6.92 Å². The molecule has 0 spiro atoms.